The highest BCUT2D eigenvalue weighted by atomic mass is 31.2. The van der Waals surface area contributed by atoms with Gasteiger partial charge >= 0.3 is 13.5 Å². The number of ether oxygens (including phenoxy) is 3. The van der Waals surface area contributed by atoms with Crippen LogP contribution in [-0.2, 0) is 27.8 Å². The number of fused-ring (bicyclic) bond motifs is 1. The number of anilines is 1. The molecule has 19 heteroatoms. The molecule has 0 radical (unpaired) electrons. The minimum Gasteiger partial charge on any atom is -0.394 e. The molecule has 2 aliphatic rings. The number of H-pyrrole nitrogens is 1. The Kier molecular flexibility index (Phi) is 7.64. The normalized spacial score (nSPS) is 30.6. The van der Waals surface area contributed by atoms with Crippen LogP contribution >= 0.6 is 7.82 Å². The number of nitrogens with zero attached hydrogens (tertiary/aromatic N) is 5. The Labute approximate surface area is 218 Å². The summed E-state index contributed by atoms with van der Waals surface area (Å²) in [6.07, 6.45) is -3.77. The lowest BCUT2D eigenvalue weighted by Gasteiger charge is -2.25. The minimum absolute atomic E-state index is 0.102. The standard InChI is InChI=1S/C20H26N7O11P/c1-34-16-15(10(5-28)37-19(16)26-3-2-12(30)25-20(26)31)38-39(32,33)35-6-11-9(29)4-13(36-11)27-8-24-14-17(21)22-7-23-18(14)27/h2-3,7-11,13,15-16,19,28-29H,4-6H2,1H3,(H,32,33)(H2,21,22,23)(H,25,30,31)/t9?,10-,11-,13-,15?,16+,19-/m1/s1. The van der Waals surface area contributed by atoms with Crippen LogP contribution in [0.15, 0.2) is 34.5 Å². The summed E-state index contributed by atoms with van der Waals surface area (Å²) >= 11 is 0. The van der Waals surface area contributed by atoms with Crippen molar-refractivity contribution in [3.05, 3.63) is 45.8 Å². The van der Waals surface area contributed by atoms with Gasteiger partial charge in [-0.2, -0.15) is 0 Å². The molecule has 3 aromatic heterocycles. The molecule has 3 unspecified atom stereocenters. The SMILES string of the molecule is CO[C@H]1C(OP(=O)(O)OC[C@H]2O[C@@H](n3cnc4c(N)ncnc43)CC2O)[C@@H](CO)O[C@H]1n1ccc(=O)[nH]c1=O. The van der Waals surface area contributed by atoms with Crippen LogP contribution in [0.2, 0.25) is 0 Å². The summed E-state index contributed by atoms with van der Waals surface area (Å²) in [6.45, 7) is -1.19. The van der Waals surface area contributed by atoms with Gasteiger partial charge in [0.15, 0.2) is 17.7 Å². The van der Waals surface area contributed by atoms with E-state index in [0.717, 1.165) is 16.8 Å². The molecular formula is C20H26N7O11P. The van der Waals surface area contributed by atoms with E-state index in [1.807, 2.05) is 0 Å². The highest BCUT2D eigenvalue weighted by Crippen LogP contribution is 2.49. The molecule has 2 saturated heterocycles. The summed E-state index contributed by atoms with van der Waals surface area (Å²) in [7, 11) is -3.60. The fourth-order valence-corrected chi connectivity index (χ4v) is 5.51. The molecule has 5 heterocycles. The molecule has 39 heavy (non-hydrogen) atoms. The Morgan fingerprint density at radius 3 is 2.72 bits per heavy atom. The zero-order valence-electron chi connectivity index (χ0n) is 20.3. The molecule has 5 rings (SSSR count). The molecule has 212 valence electrons. The number of aromatic nitrogens is 6. The van der Waals surface area contributed by atoms with Gasteiger partial charge in [-0.3, -0.25) is 28.0 Å². The molecule has 18 nitrogen and oxygen atoms in total. The zero-order valence-corrected chi connectivity index (χ0v) is 21.2. The summed E-state index contributed by atoms with van der Waals surface area (Å²) in [6, 6.07) is 1.08. The van der Waals surface area contributed by atoms with E-state index in [-0.39, 0.29) is 12.2 Å². The van der Waals surface area contributed by atoms with E-state index in [2.05, 4.69) is 19.9 Å². The van der Waals surface area contributed by atoms with Gasteiger partial charge in [-0.25, -0.2) is 24.3 Å². The topological polar surface area (TPSA) is 248 Å². The van der Waals surface area contributed by atoms with E-state index in [9.17, 15) is 29.3 Å². The Hall–Kier alpha value is -3.06. The number of nitrogens with one attached hydrogen (secondary N) is 1. The lowest BCUT2D eigenvalue weighted by atomic mass is 10.1. The second-order valence-corrected chi connectivity index (χ2v) is 10.2. The zero-order chi connectivity index (χ0) is 27.9. The number of nitrogen functional groups attached to an aromatic ring is 1. The van der Waals surface area contributed by atoms with E-state index in [0.29, 0.717) is 11.2 Å². The lowest BCUT2D eigenvalue weighted by Crippen LogP contribution is -2.40. The fraction of sp³-hybridized carbons (Fsp3) is 0.550. The largest absolute Gasteiger partial charge is 0.472 e. The summed E-state index contributed by atoms with van der Waals surface area (Å²) in [5, 5.41) is 20.3. The quantitative estimate of drug-likeness (QED) is 0.174. The monoisotopic (exact) mass is 571 g/mol. The number of aliphatic hydroxyl groups excluding tert-OH is 2. The van der Waals surface area contributed by atoms with Gasteiger partial charge in [-0.05, 0) is 0 Å². The third-order valence-corrected chi connectivity index (χ3v) is 7.41. The number of aromatic amines is 1. The van der Waals surface area contributed by atoms with Crippen molar-refractivity contribution in [2.75, 3.05) is 26.1 Å². The number of hydrogen-bond donors (Lipinski definition) is 5. The van der Waals surface area contributed by atoms with Crippen LogP contribution < -0.4 is 17.0 Å². The number of phosphoric acid groups is 1. The Balaban J connectivity index is 1.26. The second kappa shape index (κ2) is 10.8. The van der Waals surface area contributed by atoms with Crippen LogP contribution in [0.1, 0.15) is 18.9 Å². The second-order valence-electron chi connectivity index (χ2n) is 8.81. The van der Waals surface area contributed by atoms with Crippen molar-refractivity contribution in [2.24, 2.45) is 0 Å². The van der Waals surface area contributed by atoms with Gasteiger partial charge in [0.25, 0.3) is 5.56 Å². The van der Waals surface area contributed by atoms with E-state index in [1.165, 1.54) is 19.8 Å². The average molecular weight is 571 g/mol. The summed E-state index contributed by atoms with van der Waals surface area (Å²) in [5.41, 5.74) is 5.09. The third kappa shape index (κ3) is 5.38. The number of nitrogens with two attached hydrogens (primary N) is 1. The van der Waals surface area contributed by atoms with Gasteiger partial charge < -0.3 is 35.1 Å². The number of aliphatic hydroxyl groups is 2. The van der Waals surface area contributed by atoms with Crippen LogP contribution in [0.3, 0.4) is 0 Å². The molecule has 3 aromatic rings. The fourth-order valence-electron chi connectivity index (χ4n) is 4.55. The van der Waals surface area contributed by atoms with Gasteiger partial charge in [-0.1, -0.05) is 0 Å². The predicted octanol–water partition coefficient (Wildman–Crippen LogP) is -1.99. The molecule has 2 aliphatic heterocycles. The van der Waals surface area contributed by atoms with E-state index < -0.39 is 75.3 Å². The molecule has 6 N–H and O–H groups in total. The molecule has 0 aliphatic carbocycles. The maximum atomic E-state index is 12.9. The number of phosphoric ester groups is 1. The number of methoxy groups -OCH3 is 1. The van der Waals surface area contributed by atoms with Crippen molar-refractivity contribution >= 4 is 24.8 Å². The van der Waals surface area contributed by atoms with Crippen LogP contribution in [0.4, 0.5) is 5.82 Å². The van der Waals surface area contributed by atoms with Crippen molar-refractivity contribution in [2.45, 2.75) is 49.4 Å². The maximum absolute atomic E-state index is 12.9. The number of imidazole rings is 1. The van der Waals surface area contributed by atoms with Gasteiger partial charge in [0.2, 0.25) is 0 Å². The molecule has 0 saturated carbocycles. The highest BCUT2D eigenvalue weighted by Gasteiger charge is 2.50. The van der Waals surface area contributed by atoms with Crippen molar-refractivity contribution in [3.8, 4) is 0 Å². The van der Waals surface area contributed by atoms with Gasteiger partial charge in [0, 0.05) is 25.8 Å². The van der Waals surface area contributed by atoms with Crippen LogP contribution in [0, 0.1) is 0 Å². The summed E-state index contributed by atoms with van der Waals surface area (Å²) in [5.74, 6) is 0.176. The van der Waals surface area contributed by atoms with E-state index in [4.69, 9.17) is 29.0 Å². The van der Waals surface area contributed by atoms with E-state index in [1.54, 1.807) is 4.57 Å². The van der Waals surface area contributed by atoms with Gasteiger partial charge in [0.1, 0.15) is 42.5 Å². The Morgan fingerprint density at radius 2 is 2.00 bits per heavy atom. The average Bonchev–Trinajstić information content (AvgIpc) is 3.58. The first-order valence-electron chi connectivity index (χ1n) is 11.6. The molecule has 0 bridgehead atoms. The maximum Gasteiger partial charge on any atom is 0.472 e. The molecule has 2 fully saturated rings. The smallest absolute Gasteiger partial charge is 0.394 e. The highest BCUT2D eigenvalue weighted by molar-refractivity contribution is 7.47. The molecule has 0 spiro atoms. The molecule has 8 atom stereocenters. The molecule has 0 amide bonds. The van der Waals surface area contributed by atoms with Gasteiger partial charge in [0.05, 0.1) is 25.6 Å². The first kappa shape index (κ1) is 27.5. The number of rotatable bonds is 9. The Bertz CT molecular complexity index is 1490. The summed E-state index contributed by atoms with van der Waals surface area (Å²) in [4.78, 5) is 48.3. The number of hydrogen-bond acceptors (Lipinski definition) is 14. The lowest BCUT2D eigenvalue weighted by molar-refractivity contribution is -0.0625. The van der Waals surface area contributed by atoms with Crippen LogP contribution in [-0.4, -0.2) is 95.0 Å². The first-order valence-corrected chi connectivity index (χ1v) is 13.1. The Morgan fingerprint density at radius 1 is 1.21 bits per heavy atom. The van der Waals surface area contributed by atoms with Gasteiger partial charge in [-0.15, -0.1) is 0 Å². The first-order chi connectivity index (χ1) is 18.6. The van der Waals surface area contributed by atoms with E-state index >= 15 is 0 Å². The van der Waals surface area contributed by atoms with Crippen molar-refractivity contribution in [1.82, 2.24) is 29.1 Å². The predicted molar refractivity (Wildman–Crippen MR) is 128 cm³/mol. The summed E-state index contributed by atoms with van der Waals surface area (Å²) < 4.78 is 42.6. The van der Waals surface area contributed by atoms with Crippen molar-refractivity contribution in [1.29, 1.82) is 0 Å². The third-order valence-electron chi connectivity index (χ3n) is 6.42. The van der Waals surface area contributed by atoms with Crippen LogP contribution in [0.5, 0.6) is 0 Å². The van der Waals surface area contributed by atoms with Crippen molar-refractivity contribution < 1.29 is 42.9 Å². The molecular weight excluding hydrogens is 545 g/mol. The minimum atomic E-state index is -4.85. The molecule has 0 aromatic carbocycles. The van der Waals surface area contributed by atoms with Crippen molar-refractivity contribution in [3.63, 3.8) is 0 Å². The van der Waals surface area contributed by atoms with Crippen LogP contribution in [0.25, 0.3) is 11.2 Å².